The number of carbonyl (C=O) groups is 1. The molecule has 0 spiro atoms. The predicted octanol–water partition coefficient (Wildman–Crippen LogP) is -0.162. The molecule has 8 nitrogen and oxygen atoms in total. The van der Waals surface area contributed by atoms with E-state index in [0.29, 0.717) is 25.0 Å². The van der Waals surface area contributed by atoms with Gasteiger partial charge in [-0.1, -0.05) is 5.16 Å². The van der Waals surface area contributed by atoms with Crippen LogP contribution in [0.3, 0.4) is 0 Å². The molecule has 0 radical (unpaired) electrons. The number of aryl methyl sites for hydroxylation is 1. The molecule has 8 heteroatoms. The van der Waals surface area contributed by atoms with Crippen molar-refractivity contribution in [3.8, 4) is 0 Å². The molecule has 1 aromatic rings. The lowest BCUT2D eigenvalue weighted by Gasteiger charge is -2.35. The maximum Gasteiger partial charge on any atom is 0.224 e. The topological polar surface area (TPSA) is 91.7 Å². The summed E-state index contributed by atoms with van der Waals surface area (Å²) in [6.07, 6.45) is 2.75. The third kappa shape index (κ3) is 3.32. The summed E-state index contributed by atoms with van der Waals surface area (Å²) in [5, 5.41) is 7.75. The van der Waals surface area contributed by atoms with Crippen molar-refractivity contribution in [1.29, 1.82) is 0 Å². The zero-order chi connectivity index (χ0) is 16.4. The van der Waals surface area contributed by atoms with Gasteiger partial charge in [-0.05, 0) is 32.0 Å². The number of nitrogens with zero attached hydrogens (tertiary/aromatic N) is 5. The van der Waals surface area contributed by atoms with Gasteiger partial charge < -0.3 is 15.5 Å². The first-order valence-electron chi connectivity index (χ1n) is 8.34. The fraction of sp³-hybridized carbons (Fsp3) is 0.800. The van der Waals surface area contributed by atoms with Gasteiger partial charge in [-0.25, -0.2) is 4.63 Å². The van der Waals surface area contributed by atoms with E-state index in [2.05, 4.69) is 27.2 Å². The Balaban J connectivity index is 1.50. The zero-order valence-corrected chi connectivity index (χ0v) is 13.9. The molecule has 3 rings (SSSR count). The van der Waals surface area contributed by atoms with E-state index in [1.165, 1.54) is 0 Å². The average molecular weight is 322 g/mol. The lowest BCUT2D eigenvalue weighted by Crippen LogP contribution is -2.50. The van der Waals surface area contributed by atoms with Crippen molar-refractivity contribution in [2.75, 3.05) is 44.7 Å². The van der Waals surface area contributed by atoms with Gasteiger partial charge in [-0.2, -0.15) is 0 Å². The molecular formula is C15H26N6O2. The zero-order valence-electron chi connectivity index (χ0n) is 13.9. The van der Waals surface area contributed by atoms with Crippen LogP contribution < -0.4 is 10.6 Å². The van der Waals surface area contributed by atoms with Gasteiger partial charge >= 0.3 is 0 Å². The minimum Gasteiger partial charge on any atom is -0.349 e. The highest BCUT2D eigenvalue weighted by atomic mass is 16.6. The monoisotopic (exact) mass is 322 g/mol. The molecule has 2 aliphatic rings. The van der Waals surface area contributed by atoms with E-state index in [0.717, 1.165) is 50.5 Å². The Morgan fingerprint density at radius 2 is 1.91 bits per heavy atom. The van der Waals surface area contributed by atoms with Crippen LogP contribution >= 0.6 is 0 Å². The molecule has 1 aromatic heterocycles. The highest BCUT2D eigenvalue weighted by Gasteiger charge is 2.33. The van der Waals surface area contributed by atoms with E-state index < -0.39 is 0 Å². The minimum atomic E-state index is 0.245. The summed E-state index contributed by atoms with van der Waals surface area (Å²) in [7, 11) is 2.08. The van der Waals surface area contributed by atoms with E-state index in [9.17, 15) is 4.79 Å². The molecule has 3 heterocycles. The van der Waals surface area contributed by atoms with Crippen molar-refractivity contribution in [2.24, 2.45) is 5.73 Å². The van der Waals surface area contributed by atoms with Crippen LogP contribution in [-0.4, -0.2) is 77.9 Å². The Labute approximate surface area is 136 Å². The van der Waals surface area contributed by atoms with Crippen LogP contribution in [0.4, 0.5) is 5.82 Å². The number of likely N-dealkylation sites (tertiary alicyclic amines) is 1. The molecule has 2 fully saturated rings. The van der Waals surface area contributed by atoms with Gasteiger partial charge in [0.1, 0.15) is 5.69 Å². The van der Waals surface area contributed by atoms with Crippen molar-refractivity contribution >= 4 is 11.7 Å². The quantitative estimate of drug-likeness (QED) is 0.823. The number of aromatic nitrogens is 2. The molecule has 2 aliphatic heterocycles. The third-order valence-electron chi connectivity index (χ3n) is 5.23. The number of amides is 1. The summed E-state index contributed by atoms with van der Waals surface area (Å²) in [5.41, 5.74) is 6.57. The molecule has 0 unspecified atom stereocenters. The number of hydrogen-bond acceptors (Lipinski definition) is 7. The maximum absolute atomic E-state index is 12.6. The highest BCUT2D eigenvalue weighted by Crippen LogP contribution is 2.25. The Bertz CT molecular complexity index is 540. The highest BCUT2D eigenvalue weighted by molar-refractivity contribution is 5.77. The summed E-state index contributed by atoms with van der Waals surface area (Å²) in [6.45, 7) is 5.54. The van der Waals surface area contributed by atoms with Gasteiger partial charge in [-0.3, -0.25) is 9.69 Å². The number of hydrogen-bond donors (Lipinski definition) is 1. The first kappa shape index (κ1) is 16.2. The average Bonchev–Trinajstić information content (AvgIpc) is 3.14. The minimum absolute atomic E-state index is 0.245. The van der Waals surface area contributed by atoms with Crippen molar-refractivity contribution in [1.82, 2.24) is 20.1 Å². The van der Waals surface area contributed by atoms with Crippen molar-refractivity contribution in [3.63, 3.8) is 0 Å². The SMILES string of the molecule is Cc1nonc1N1CCN(C(=O)C[C@@H]2CC[C@H](CN)N2C)CC1. The molecule has 2 atom stereocenters. The van der Waals surface area contributed by atoms with E-state index in [-0.39, 0.29) is 5.91 Å². The van der Waals surface area contributed by atoms with Crippen molar-refractivity contribution in [3.05, 3.63) is 5.69 Å². The van der Waals surface area contributed by atoms with Gasteiger partial charge in [0.15, 0.2) is 5.82 Å². The van der Waals surface area contributed by atoms with Crippen LogP contribution in [0.2, 0.25) is 0 Å². The molecule has 128 valence electrons. The molecule has 2 N–H and O–H groups in total. The predicted molar refractivity (Wildman–Crippen MR) is 86.1 cm³/mol. The molecule has 1 amide bonds. The normalized spacial score (nSPS) is 26.0. The second-order valence-electron chi connectivity index (χ2n) is 6.53. The lowest BCUT2D eigenvalue weighted by molar-refractivity contribution is -0.132. The molecule has 23 heavy (non-hydrogen) atoms. The second-order valence-corrected chi connectivity index (χ2v) is 6.53. The number of rotatable bonds is 4. The van der Waals surface area contributed by atoms with Crippen molar-refractivity contribution in [2.45, 2.75) is 38.3 Å². The molecule has 0 saturated carbocycles. The van der Waals surface area contributed by atoms with E-state index >= 15 is 0 Å². The number of anilines is 1. The summed E-state index contributed by atoms with van der Waals surface area (Å²) >= 11 is 0. The first-order valence-corrected chi connectivity index (χ1v) is 8.34. The molecule has 2 saturated heterocycles. The first-order chi connectivity index (χ1) is 11.1. The van der Waals surface area contributed by atoms with Gasteiger partial charge in [0, 0.05) is 51.2 Å². The van der Waals surface area contributed by atoms with Crippen LogP contribution in [0.15, 0.2) is 4.63 Å². The van der Waals surface area contributed by atoms with Crippen molar-refractivity contribution < 1.29 is 9.42 Å². The van der Waals surface area contributed by atoms with Gasteiger partial charge in [0.25, 0.3) is 0 Å². The Kier molecular flexibility index (Phi) is 4.82. The molecule has 0 bridgehead atoms. The van der Waals surface area contributed by atoms with Crippen LogP contribution in [0.25, 0.3) is 0 Å². The van der Waals surface area contributed by atoms with E-state index in [4.69, 9.17) is 10.4 Å². The Morgan fingerprint density at radius 1 is 1.22 bits per heavy atom. The van der Waals surface area contributed by atoms with Crippen LogP contribution in [0, 0.1) is 6.92 Å². The van der Waals surface area contributed by atoms with Crippen LogP contribution in [0.1, 0.15) is 25.0 Å². The number of carbonyl (C=O) groups excluding carboxylic acids is 1. The Hall–Kier alpha value is -1.67. The van der Waals surface area contributed by atoms with Crippen LogP contribution in [0.5, 0.6) is 0 Å². The number of likely N-dealkylation sites (N-methyl/N-ethyl adjacent to an activating group) is 1. The fourth-order valence-electron chi connectivity index (χ4n) is 3.63. The Morgan fingerprint density at radius 3 is 2.48 bits per heavy atom. The van der Waals surface area contributed by atoms with E-state index in [1.54, 1.807) is 0 Å². The standard InChI is InChI=1S/C15H26N6O2/c1-11-15(18-23-17-11)21-7-5-20(6-8-21)14(22)9-12-3-4-13(10-16)19(12)2/h12-13H,3-10,16H2,1-2H3/t12-,13+/m0/s1. The van der Waals surface area contributed by atoms with Crippen LogP contribution in [-0.2, 0) is 4.79 Å². The lowest BCUT2D eigenvalue weighted by atomic mass is 10.1. The van der Waals surface area contributed by atoms with Gasteiger partial charge in [0.2, 0.25) is 5.91 Å². The van der Waals surface area contributed by atoms with Gasteiger partial charge in [-0.15, -0.1) is 0 Å². The molecular weight excluding hydrogens is 296 g/mol. The second kappa shape index (κ2) is 6.84. The summed E-state index contributed by atoms with van der Waals surface area (Å²) in [6, 6.07) is 0.753. The summed E-state index contributed by atoms with van der Waals surface area (Å²) in [4.78, 5) is 18.9. The number of nitrogens with two attached hydrogens (primary N) is 1. The summed E-state index contributed by atoms with van der Waals surface area (Å²) in [5.74, 6) is 1.03. The van der Waals surface area contributed by atoms with Gasteiger partial charge in [0.05, 0.1) is 0 Å². The maximum atomic E-state index is 12.6. The molecule has 0 aromatic carbocycles. The summed E-state index contributed by atoms with van der Waals surface area (Å²) < 4.78 is 4.76. The third-order valence-corrected chi connectivity index (χ3v) is 5.23. The smallest absolute Gasteiger partial charge is 0.224 e. The largest absolute Gasteiger partial charge is 0.349 e. The fourth-order valence-corrected chi connectivity index (χ4v) is 3.63. The number of piperazine rings is 1. The molecule has 0 aliphatic carbocycles. The van der Waals surface area contributed by atoms with E-state index in [1.807, 2.05) is 11.8 Å².